The first-order valence-electron chi connectivity index (χ1n) is 14.2. The lowest BCUT2D eigenvalue weighted by Gasteiger charge is -2.63. The van der Waals surface area contributed by atoms with Gasteiger partial charge in [0.05, 0.1) is 0 Å². The summed E-state index contributed by atoms with van der Waals surface area (Å²) >= 11 is 0. The molecule has 0 bridgehead atoms. The molecule has 3 unspecified atom stereocenters. The Hall–Kier alpha value is -0.620. The zero-order valence-electron chi connectivity index (χ0n) is 22.6. The van der Waals surface area contributed by atoms with Gasteiger partial charge in [0.1, 0.15) is 0 Å². The molecule has 0 aromatic carbocycles. The molecule has 4 fully saturated rings. The maximum absolute atomic E-state index is 12.4. The molecule has 196 valence electrons. The molecule has 4 saturated carbocycles. The van der Waals surface area contributed by atoms with Gasteiger partial charge in [-0.2, -0.15) is 12.7 Å². The molecule has 0 spiro atoms. The molecule has 0 heterocycles. The molecule has 0 radical (unpaired) electrons. The quantitative estimate of drug-likeness (QED) is 0.471. The van der Waals surface area contributed by atoms with Crippen LogP contribution in [0.3, 0.4) is 0 Å². The number of hydrogen-bond donors (Lipinski definition) is 1. The van der Waals surface area contributed by atoms with Crippen LogP contribution in [0.4, 0.5) is 0 Å². The van der Waals surface area contributed by atoms with Gasteiger partial charge in [-0.1, -0.05) is 47.0 Å². The molecule has 34 heavy (non-hydrogen) atoms. The van der Waals surface area contributed by atoms with Crippen LogP contribution < -0.4 is 4.72 Å². The third kappa shape index (κ3) is 4.48. The van der Waals surface area contributed by atoms with Gasteiger partial charge in [-0.15, -0.1) is 0 Å². The maximum Gasteiger partial charge on any atom is 0.303 e. The summed E-state index contributed by atoms with van der Waals surface area (Å²) in [5, 5.41) is 0. The molecule has 5 nitrogen and oxygen atoms in total. The Balaban J connectivity index is 1.44. The summed E-state index contributed by atoms with van der Waals surface area (Å²) in [6, 6.07) is 0. The molecule has 4 rings (SSSR count). The van der Waals surface area contributed by atoms with Crippen LogP contribution in [0.15, 0.2) is 0 Å². The molecular formula is C28H50N2O3S. The fourth-order valence-electron chi connectivity index (χ4n) is 9.84. The summed E-state index contributed by atoms with van der Waals surface area (Å²) in [7, 11) is -0.813. The van der Waals surface area contributed by atoms with Crippen molar-refractivity contribution in [2.45, 2.75) is 105 Å². The van der Waals surface area contributed by atoms with Crippen LogP contribution in [0, 0.1) is 52.3 Å². The molecule has 4 aliphatic carbocycles. The van der Waals surface area contributed by atoms with Gasteiger partial charge in [-0.25, -0.2) is 4.72 Å². The van der Waals surface area contributed by atoms with Gasteiger partial charge in [0.2, 0.25) is 5.91 Å². The van der Waals surface area contributed by atoms with Gasteiger partial charge in [0.15, 0.2) is 0 Å². The first-order chi connectivity index (χ1) is 15.9. The second-order valence-electron chi connectivity index (χ2n) is 13.2. The van der Waals surface area contributed by atoms with Crippen LogP contribution in [0.25, 0.3) is 0 Å². The maximum atomic E-state index is 12.4. The highest BCUT2D eigenvalue weighted by molar-refractivity contribution is 7.87. The Morgan fingerprint density at radius 3 is 2.38 bits per heavy atom. The first kappa shape index (κ1) is 26.4. The molecule has 1 amide bonds. The molecule has 1 N–H and O–H groups in total. The van der Waals surface area contributed by atoms with E-state index < -0.39 is 10.2 Å². The van der Waals surface area contributed by atoms with E-state index in [1.54, 1.807) is 0 Å². The lowest BCUT2D eigenvalue weighted by molar-refractivity contribution is -0.138. The highest BCUT2D eigenvalue weighted by Gasteiger charge is 2.61. The van der Waals surface area contributed by atoms with Crippen molar-refractivity contribution in [3.63, 3.8) is 0 Å². The number of amides is 1. The predicted octanol–water partition coefficient (Wildman–Crippen LogP) is 6.01. The normalized spacial score (nSPS) is 43.0. The van der Waals surface area contributed by atoms with Crippen molar-refractivity contribution in [2.24, 2.45) is 52.3 Å². The Morgan fingerprint density at radius 2 is 1.71 bits per heavy atom. The Labute approximate surface area is 209 Å². The largest absolute Gasteiger partial charge is 0.303 e. The van der Waals surface area contributed by atoms with Gasteiger partial charge in [0.25, 0.3) is 0 Å². The highest BCUT2D eigenvalue weighted by Crippen LogP contribution is 2.69. The standard InChI is InChI=1S/C28H50N2O3S/c1-7-20-18-21-24-13-12-22(19(2)11-14-26(31)29-34(32,33)30(5)6)28(24,4)17-15-25(21)27(3)16-9-8-10-23(20)27/h19-25H,7-18H2,1-6H3,(H,29,31)/t19-,20+,21?,22-,23+,24?,25?,27+,28-/m1/s1. The zero-order valence-corrected chi connectivity index (χ0v) is 23.4. The lowest BCUT2D eigenvalue weighted by atomic mass is 9.42. The van der Waals surface area contributed by atoms with E-state index in [1.165, 1.54) is 78.3 Å². The number of nitrogens with one attached hydrogen (secondary N) is 1. The molecule has 0 aromatic rings. The van der Waals surface area contributed by atoms with Gasteiger partial charge >= 0.3 is 10.2 Å². The summed E-state index contributed by atoms with van der Waals surface area (Å²) in [6.45, 7) is 10.00. The van der Waals surface area contributed by atoms with Crippen LogP contribution >= 0.6 is 0 Å². The monoisotopic (exact) mass is 494 g/mol. The fourth-order valence-corrected chi connectivity index (χ4v) is 10.4. The SMILES string of the molecule is CC[C@H]1CC2C3CC[C@H]([C@H](C)CCC(=O)NS(=O)(=O)N(C)C)[C@@]3(C)CCC2[C@@]2(C)CCCC[C@@H]12. The Bertz CT molecular complexity index is 858. The van der Waals surface area contributed by atoms with Crippen LogP contribution in [0.5, 0.6) is 0 Å². The van der Waals surface area contributed by atoms with E-state index in [1.807, 2.05) is 0 Å². The van der Waals surface area contributed by atoms with Gasteiger partial charge in [-0.3, -0.25) is 4.79 Å². The smallest absolute Gasteiger partial charge is 0.274 e. The van der Waals surface area contributed by atoms with E-state index >= 15 is 0 Å². The van der Waals surface area contributed by atoms with E-state index in [-0.39, 0.29) is 12.3 Å². The number of fused-ring (bicyclic) bond motifs is 5. The van der Waals surface area contributed by atoms with E-state index in [2.05, 4.69) is 32.4 Å². The summed E-state index contributed by atoms with van der Waals surface area (Å²) in [4.78, 5) is 12.4. The fraction of sp³-hybridized carbons (Fsp3) is 0.964. The third-order valence-electron chi connectivity index (χ3n) is 11.6. The average molecular weight is 495 g/mol. The molecular weight excluding hydrogens is 444 g/mol. The van der Waals surface area contributed by atoms with E-state index in [4.69, 9.17) is 0 Å². The number of hydrogen-bond acceptors (Lipinski definition) is 3. The van der Waals surface area contributed by atoms with Crippen LogP contribution in [0.1, 0.15) is 105 Å². The number of carbonyl (C=O) groups excluding carboxylic acids is 1. The second-order valence-corrected chi connectivity index (χ2v) is 15.1. The summed E-state index contributed by atoms with van der Waals surface area (Å²) in [6.07, 6.45) is 15.0. The minimum Gasteiger partial charge on any atom is -0.274 e. The van der Waals surface area contributed by atoms with Crippen molar-refractivity contribution in [1.29, 1.82) is 0 Å². The molecule has 0 aliphatic heterocycles. The lowest BCUT2D eigenvalue weighted by Crippen LogP contribution is -2.55. The van der Waals surface area contributed by atoms with E-state index in [0.29, 0.717) is 22.7 Å². The van der Waals surface area contributed by atoms with Crippen molar-refractivity contribution in [1.82, 2.24) is 9.03 Å². The van der Waals surface area contributed by atoms with Crippen molar-refractivity contribution >= 4 is 16.1 Å². The van der Waals surface area contributed by atoms with Gasteiger partial charge in [0, 0.05) is 20.5 Å². The van der Waals surface area contributed by atoms with Crippen LogP contribution in [-0.2, 0) is 15.0 Å². The highest BCUT2D eigenvalue weighted by atomic mass is 32.2. The molecule has 0 aromatic heterocycles. The van der Waals surface area contributed by atoms with Crippen LogP contribution in [0.2, 0.25) is 0 Å². The van der Waals surface area contributed by atoms with Crippen molar-refractivity contribution in [3.8, 4) is 0 Å². The second kappa shape index (κ2) is 9.68. The Kier molecular flexibility index (Phi) is 7.53. The number of nitrogens with zero attached hydrogens (tertiary/aromatic N) is 1. The number of rotatable bonds is 7. The first-order valence-corrected chi connectivity index (χ1v) is 15.6. The number of carbonyl (C=O) groups is 1. The third-order valence-corrected chi connectivity index (χ3v) is 13.0. The molecule has 4 aliphatic rings. The van der Waals surface area contributed by atoms with E-state index in [9.17, 15) is 13.2 Å². The average Bonchev–Trinajstić information content (AvgIpc) is 3.13. The Morgan fingerprint density at radius 1 is 1.00 bits per heavy atom. The topological polar surface area (TPSA) is 66.5 Å². The zero-order chi connectivity index (χ0) is 24.9. The molecule has 0 saturated heterocycles. The summed E-state index contributed by atoms with van der Waals surface area (Å²) in [5.41, 5.74) is 0.936. The predicted molar refractivity (Wildman–Crippen MR) is 138 cm³/mol. The summed E-state index contributed by atoms with van der Waals surface area (Å²) in [5.74, 6) is 5.20. The minimum atomic E-state index is -3.70. The summed E-state index contributed by atoms with van der Waals surface area (Å²) < 4.78 is 27.2. The molecule has 6 heteroatoms. The van der Waals surface area contributed by atoms with Gasteiger partial charge in [-0.05, 0) is 104 Å². The van der Waals surface area contributed by atoms with Crippen molar-refractivity contribution in [3.05, 3.63) is 0 Å². The van der Waals surface area contributed by atoms with E-state index in [0.717, 1.165) is 40.3 Å². The van der Waals surface area contributed by atoms with Crippen LogP contribution in [-0.4, -0.2) is 32.7 Å². The van der Waals surface area contributed by atoms with Gasteiger partial charge < -0.3 is 0 Å². The molecule has 9 atom stereocenters. The van der Waals surface area contributed by atoms with Crippen molar-refractivity contribution < 1.29 is 13.2 Å². The minimum absolute atomic E-state index is 0.287. The van der Waals surface area contributed by atoms with Crippen molar-refractivity contribution in [2.75, 3.05) is 14.1 Å².